The molecule has 2 aromatic rings. The van der Waals surface area contributed by atoms with Crippen LogP contribution in [0.15, 0.2) is 36.4 Å². The molecule has 2 N–H and O–H groups in total. The van der Waals surface area contributed by atoms with Crippen molar-refractivity contribution >= 4 is 29.4 Å². The maximum absolute atomic E-state index is 13.9. The van der Waals surface area contributed by atoms with Gasteiger partial charge in [0.05, 0.1) is 18.3 Å². The van der Waals surface area contributed by atoms with Gasteiger partial charge in [0.1, 0.15) is 23.9 Å². The van der Waals surface area contributed by atoms with E-state index in [1.54, 1.807) is 25.2 Å². The highest BCUT2D eigenvalue weighted by Gasteiger charge is 2.58. The predicted molar refractivity (Wildman–Crippen MR) is 140 cm³/mol. The van der Waals surface area contributed by atoms with Crippen LogP contribution in [0.3, 0.4) is 0 Å². The fourth-order valence-electron chi connectivity index (χ4n) is 5.29. The van der Waals surface area contributed by atoms with Crippen molar-refractivity contribution in [3.63, 3.8) is 0 Å². The van der Waals surface area contributed by atoms with E-state index in [0.717, 1.165) is 17.4 Å². The van der Waals surface area contributed by atoms with Crippen molar-refractivity contribution < 1.29 is 32.3 Å². The van der Waals surface area contributed by atoms with Crippen LogP contribution in [0.5, 0.6) is 0 Å². The van der Waals surface area contributed by atoms with Crippen molar-refractivity contribution in [2.45, 2.75) is 63.5 Å². The van der Waals surface area contributed by atoms with Crippen LogP contribution in [0.25, 0.3) is 11.3 Å². The first-order valence-corrected chi connectivity index (χ1v) is 13.0. The summed E-state index contributed by atoms with van der Waals surface area (Å²) in [4.78, 5) is 53.8. The minimum Gasteiger partial charge on any atom is -0.337 e. The third-order valence-electron chi connectivity index (χ3n) is 7.39. The van der Waals surface area contributed by atoms with E-state index >= 15 is 0 Å². The second-order valence-electron chi connectivity index (χ2n) is 10.8. The molecule has 0 saturated carbocycles. The van der Waals surface area contributed by atoms with E-state index in [1.165, 1.54) is 16.6 Å². The number of halogens is 3. The van der Waals surface area contributed by atoms with Gasteiger partial charge < -0.3 is 20.4 Å². The number of carbonyl (C=O) groups is 4. The monoisotopic (exact) mass is 573 g/mol. The summed E-state index contributed by atoms with van der Waals surface area (Å²) >= 11 is 0. The molecule has 3 heterocycles. The molecule has 0 unspecified atom stereocenters. The minimum atomic E-state index is -5.18. The number of hydrogen-bond donors (Lipinski definition) is 2. The average molecular weight is 574 g/mol. The van der Waals surface area contributed by atoms with Gasteiger partial charge >= 0.3 is 12.1 Å². The van der Waals surface area contributed by atoms with E-state index in [1.807, 2.05) is 30.3 Å². The molecule has 11 nitrogen and oxygen atoms in total. The second-order valence-corrected chi connectivity index (χ2v) is 10.8. The SMILES string of the molecule is CC(C)C[C@@H](C(=O)N1C[C@]2(C[C@H]1C#N)C(=O)Nc1cc(-c3ccccc3)nn12)N(C)C(=O)[C@H](C)NC(=O)C(F)(F)F. The summed E-state index contributed by atoms with van der Waals surface area (Å²) in [5, 5.41) is 19.0. The number of anilines is 1. The van der Waals surface area contributed by atoms with E-state index in [-0.39, 0.29) is 25.3 Å². The molecule has 4 amide bonds. The van der Waals surface area contributed by atoms with Gasteiger partial charge in [-0.3, -0.25) is 19.2 Å². The second kappa shape index (κ2) is 10.9. The molecule has 0 radical (unpaired) electrons. The summed E-state index contributed by atoms with van der Waals surface area (Å²) in [6, 6.07) is 9.27. The maximum Gasteiger partial charge on any atom is 0.471 e. The number of nitrogens with one attached hydrogen (secondary N) is 2. The first kappa shape index (κ1) is 29.6. The Labute approximate surface area is 234 Å². The average Bonchev–Trinajstić information content (AvgIpc) is 3.59. The van der Waals surface area contributed by atoms with Gasteiger partial charge in [0, 0.05) is 25.1 Å². The number of hydrogen-bond acceptors (Lipinski definition) is 6. The topological polar surface area (TPSA) is 140 Å². The Morgan fingerprint density at radius 2 is 1.90 bits per heavy atom. The van der Waals surface area contributed by atoms with Gasteiger partial charge in [0.25, 0.3) is 5.91 Å². The zero-order chi connectivity index (χ0) is 30.3. The summed E-state index contributed by atoms with van der Waals surface area (Å²) < 4.78 is 39.7. The van der Waals surface area contributed by atoms with Gasteiger partial charge in [-0.25, -0.2) is 4.68 Å². The number of amides is 4. The van der Waals surface area contributed by atoms with Crippen LogP contribution < -0.4 is 10.6 Å². The fourth-order valence-corrected chi connectivity index (χ4v) is 5.29. The highest BCUT2D eigenvalue weighted by atomic mass is 19.4. The van der Waals surface area contributed by atoms with Crippen molar-refractivity contribution in [1.29, 1.82) is 5.26 Å². The minimum absolute atomic E-state index is 0.0475. The Morgan fingerprint density at radius 3 is 2.49 bits per heavy atom. The molecule has 1 fully saturated rings. The molecule has 0 aliphatic carbocycles. The number of rotatable bonds is 7. The summed E-state index contributed by atoms with van der Waals surface area (Å²) in [5.41, 5.74) is 0.0405. The lowest BCUT2D eigenvalue weighted by atomic mass is 9.96. The van der Waals surface area contributed by atoms with Gasteiger partial charge in [-0.2, -0.15) is 23.5 Å². The molecule has 1 aromatic carbocycles. The van der Waals surface area contributed by atoms with Gasteiger partial charge in [-0.15, -0.1) is 0 Å². The van der Waals surface area contributed by atoms with E-state index in [0.29, 0.717) is 11.5 Å². The molecular formula is C27H30F3N7O4. The standard InChI is InChI=1S/C27H30F3N7O4/c1-15(2)10-20(35(4)22(38)16(3)32-25(41)27(28,29)30)23(39)36-14-26(12-18(36)13-31)24(40)33-21-11-19(34-37(21)26)17-8-6-5-7-9-17/h5-9,11,15-16,18,20H,10,12,14H2,1-4H3,(H,32,41)(H,33,40)/t16-,18-,20-,26+/m0/s1. The normalized spacial score (nSPS) is 21.3. The van der Waals surface area contributed by atoms with Gasteiger partial charge in [-0.1, -0.05) is 44.2 Å². The van der Waals surface area contributed by atoms with E-state index in [2.05, 4.69) is 16.5 Å². The Morgan fingerprint density at radius 1 is 1.24 bits per heavy atom. The Hall–Kier alpha value is -4.41. The number of likely N-dealkylation sites (N-methyl/N-ethyl adjacent to an activating group) is 1. The van der Waals surface area contributed by atoms with Crippen LogP contribution in [-0.4, -0.2) is 81.1 Å². The highest BCUT2D eigenvalue weighted by molar-refractivity contribution is 6.02. The molecule has 14 heteroatoms. The van der Waals surface area contributed by atoms with Crippen molar-refractivity contribution in [1.82, 2.24) is 24.9 Å². The van der Waals surface area contributed by atoms with Crippen LogP contribution in [0.1, 0.15) is 33.6 Å². The lowest BCUT2D eigenvalue weighted by molar-refractivity contribution is -0.175. The molecule has 4 rings (SSSR count). The van der Waals surface area contributed by atoms with Gasteiger partial charge in [0.15, 0.2) is 5.54 Å². The zero-order valence-electron chi connectivity index (χ0n) is 22.9. The van der Waals surface area contributed by atoms with Crippen LogP contribution in [-0.2, 0) is 24.7 Å². The van der Waals surface area contributed by atoms with Crippen molar-refractivity contribution in [2.24, 2.45) is 5.92 Å². The summed E-state index contributed by atoms with van der Waals surface area (Å²) in [5.74, 6) is -3.96. The maximum atomic E-state index is 13.9. The number of fused-ring (bicyclic) bond motifs is 2. The van der Waals surface area contributed by atoms with Crippen LogP contribution in [0.2, 0.25) is 0 Å². The quantitative estimate of drug-likeness (QED) is 0.521. The molecule has 218 valence electrons. The number of alkyl halides is 3. The predicted octanol–water partition coefficient (Wildman–Crippen LogP) is 2.26. The van der Waals surface area contributed by atoms with Crippen LogP contribution in [0, 0.1) is 17.2 Å². The van der Waals surface area contributed by atoms with Gasteiger partial charge in [0.2, 0.25) is 11.8 Å². The van der Waals surface area contributed by atoms with E-state index in [4.69, 9.17) is 0 Å². The number of carbonyl (C=O) groups excluding carboxylic acids is 4. The molecule has 0 bridgehead atoms. The van der Waals surface area contributed by atoms with Crippen LogP contribution in [0.4, 0.5) is 19.0 Å². The molecule has 2 aliphatic rings. The van der Waals surface area contributed by atoms with E-state index < -0.39 is 53.5 Å². The molecule has 1 aromatic heterocycles. The van der Waals surface area contributed by atoms with Crippen molar-refractivity contribution in [3.8, 4) is 17.3 Å². The molecule has 41 heavy (non-hydrogen) atoms. The third kappa shape index (κ3) is 5.48. The van der Waals surface area contributed by atoms with E-state index in [9.17, 15) is 37.6 Å². The zero-order valence-corrected chi connectivity index (χ0v) is 22.9. The first-order chi connectivity index (χ1) is 19.2. The Balaban J connectivity index is 1.61. The largest absolute Gasteiger partial charge is 0.471 e. The Kier molecular flexibility index (Phi) is 7.84. The van der Waals surface area contributed by atoms with Crippen molar-refractivity contribution in [2.75, 3.05) is 18.9 Å². The number of nitriles is 1. The third-order valence-corrected chi connectivity index (χ3v) is 7.39. The fraction of sp³-hybridized carbons (Fsp3) is 0.481. The summed E-state index contributed by atoms with van der Waals surface area (Å²) in [6.07, 6.45) is -5.11. The first-order valence-electron chi connectivity index (χ1n) is 13.0. The lowest BCUT2D eigenvalue weighted by Gasteiger charge is -2.34. The van der Waals surface area contributed by atoms with Crippen LogP contribution >= 0.6 is 0 Å². The number of nitrogens with zero attached hydrogens (tertiary/aromatic N) is 5. The van der Waals surface area contributed by atoms with Gasteiger partial charge in [-0.05, 0) is 19.3 Å². The molecular weight excluding hydrogens is 543 g/mol. The molecule has 4 atom stereocenters. The smallest absolute Gasteiger partial charge is 0.337 e. The Bertz CT molecular complexity index is 1400. The molecule has 1 saturated heterocycles. The van der Waals surface area contributed by atoms with Crippen molar-refractivity contribution in [3.05, 3.63) is 36.4 Å². The highest BCUT2D eigenvalue weighted by Crippen LogP contribution is 2.42. The number of benzene rings is 1. The molecule has 1 spiro atoms. The number of aromatic nitrogens is 2. The number of likely N-dealkylation sites (tertiary alicyclic amines) is 1. The lowest BCUT2D eigenvalue weighted by Crippen LogP contribution is -2.56. The summed E-state index contributed by atoms with van der Waals surface area (Å²) in [6.45, 7) is 4.49. The summed E-state index contributed by atoms with van der Waals surface area (Å²) in [7, 11) is 1.26. The molecule has 2 aliphatic heterocycles.